The van der Waals surface area contributed by atoms with E-state index in [4.69, 9.17) is 11.6 Å². The molecule has 0 atom stereocenters. The molecule has 128 valence electrons. The molecule has 25 heavy (non-hydrogen) atoms. The Kier molecular flexibility index (Phi) is 4.86. The van der Waals surface area contributed by atoms with Crippen LogP contribution in [-0.2, 0) is 17.9 Å². The van der Waals surface area contributed by atoms with E-state index in [2.05, 4.69) is 4.98 Å². The van der Waals surface area contributed by atoms with Gasteiger partial charge in [-0.1, -0.05) is 41.4 Å². The van der Waals surface area contributed by atoms with Gasteiger partial charge in [0.1, 0.15) is 6.54 Å². The molecule has 0 fully saturated rings. The van der Waals surface area contributed by atoms with Crippen molar-refractivity contribution in [1.82, 2.24) is 14.5 Å². The molecule has 0 aliphatic carbocycles. The van der Waals surface area contributed by atoms with Crippen LogP contribution in [0.1, 0.15) is 11.1 Å². The number of halogens is 1. The van der Waals surface area contributed by atoms with Crippen molar-refractivity contribution in [3.05, 3.63) is 75.3 Å². The summed E-state index contributed by atoms with van der Waals surface area (Å²) in [5.74, 6) is -0.155. The van der Waals surface area contributed by atoms with Crippen LogP contribution in [0.3, 0.4) is 0 Å². The van der Waals surface area contributed by atoms with Crippen LogP contribution in [0.25, 0.3) is 10.9 Å². The molecule has 3 rings (SSSR count). The van der Waals surface area contributed by atoms with Crippen LogP contribution in [0, 0.1) is 6.92 Å². The summed E-state index contributed by atoms with van der Waals surface area (Å²) in [6, 6.07) is 12.9. The summed E-state index contributed by atoms with van der Waals surface area (Å²) in [5.41, 5.74) is 2.49. The van der Waals surface area contributed by atoms with Crippen molar-refractivity contribution in [3.8, 4) is 0 Å². The molecule has 0 spiro atoms. The van der Waals surface area contributed by atoms with Gasteiger partial charge in [0.25, 0.3) is 5.56 Å². The third kappa shape index (κ3) is 3.88. The second-order valence-corrected chi connectivity index (χ2v) is 6.51. The molecule has 0 aliphatic heterocycles. The Labute approximate surface area is 150 Å². The number of aryl methyl sites for hydroxylation is 1. The van der Waals surface area contributed by atoms with Gasteiger partial charge in [0.2, 0.25) is 5.91 Å². The number of likely N-dealkylation sites (N-methyl/N-ethyl adjacent to an activating group) is 1. The predicted molar refractivity (Wildman–Crippen MR) is 98.7 cm³/mol. The van der Waals surface area contributed by atoms with Crippen molar-refractivity contribution >= 4 is 28.4 Å². The number of aromatic nitrogens is 2. The highest BCUT2D eigenvalue weighted by molar-refractivity contribution is 6.31. The SMILES string of the molecule is Cc1ccc(CN(C)C(=O)Cn2cnc3cc(Cl)ccc3c2=O)cc1. The number of fused-ring (bicyclic) bond motifs is 1. The smallest absolute Gasteiger partial charge is 0.261 e. The average Bonchev–Trinajstić information content (AvgIpc) is 2.59. The van der Waals surface area contributed by atoms with Gasteiger partial charge in [-0.25, -0.2) is 4.98 Å². The first-order chi connectivity index (χ1) is 11.9. The zero-order valence-electron chi connectivity index (χ0n) is 14.1. The van der Waals surface area contributed by atoms with Crippen LogP contribution in [0.5, 0.6) is 0 Å². The van der Waals surface area contributed by atoms with Gasteiger partial charge in [0.15, 0.2) is 0 Å². The van der Waals surface area contributed by atoms with Crippen molar-refractivity contribution in [3.63, 3.8) is 0 Å². The summed E-state index contributed by atoms with van der Waals surface area (Å²) in [5, 5.41) is 0.965. The maximum atomic E-state index is 12.5. The van der Waals surface area contributed by atoms with Gasteiger partial charge in [-0.05, 0) is 30.7 Å². The van der Waals surface area contributed by atoms with Crippen LogP contribution in [0.15, 0.2) is 53.6 Å². The van der Waals surface area contributed by atoms with Gasteiger partial charge in [0, 0.05) is 18.6 Å². The number of rotatable bonds is 4. The molecule has 0 unspecified atom stereocenters. The van der Waals surface area contributed by atoms with Gasteiger partial charge < -0.3 is 4.90 Å². The quantitative estimate of drug-likeness (QED) is 0.723. The molecular weight excluding hydrogens is 338 g/mol. The highest BCUT2D eigenvalue weighted by atomic mass is 35.5. The van der Waals surface area contributed by atoms with Crippen LogP contribution in [0.2, 0.25) is 5.02 Å². The number of carbonyl (C=O) groups excluding carboxylic acids is 1. The molecule has 0 saturated carbocycles. The summed E-state index contributed by atoms with van der Waals surface area (Å²) in [7, 11) is 1.72. The Hall–Kier alpha value is -2.66. The molecule has 3 aromatic rings. The van der Waals surface area contributed by atoms with Gasteiger partial charge >= 0.3 is 0 Å². The van der Waals surface area contributed by atoms with Crippen molar-refractivity contribution < 1.29 is 4.79 Å². The number of nitrogens with zero attached hydrogens (tertiary/aromatic N) is 3. The molecule has 1 aromatic heterocycles. The Balaban J connectivity index is 1.77. The topological polar surface area (TPSA) is 55.2 Å². The van der Waals surface area contributed by atoms with Crippen molar-refractivity contribution in [2.45, 2.75) is 20.0 Å². The van der Waals surface area contributed by atoms with Gasteiger partial charge in [0.05, 0.1) is 17.2 Å². The first kappa shape index (κ1) is 17.2. The normalized spacial score (nSPS) is 10.8. The molecule has 1 heterocycles. The number of hydrogen-bond donors (Lipinski definition) is 0. The van der Waals surface area contributed by atoms with Crippen LogP contribution < -0.4 is 5.56 Å². The minimum absolute atomic E-state index is 0.0488. The van der Waals surface area contributed by atoms with Gasteiger partial charge in [-0.15, -0.1) is 0 Å². The number of hydrogen-bond acceptors (Lipinski definition) is 3. The Bertz CT molecular complexity index is 980. The van der Waals surface area contributed by atoms with E-state index in [0.29, 0.717) is 22.5 Å². The lowest BCUT2D eigenvalue weighted by Crippen LogP contribution is -2.33. The first-order valence-electron chi connectivity index (χ1n) is 7.88. The average molecular weight is 356 g/mol. The molecule has 0 aliphatic rings. The molecule has 0 bridgehead atoms. The monoisotopic (exact) mass is 355 g/mol. The lowest BCUT2D eigenvalue weighted by molar-refractivity contribution is -0.131. The first-order valence-corrected chi connectivity index (χ1v) is 8.26. The van der Waals surface area contributed by atoms with E-state index >= 15 is 0 Å². The van der Waals surface area contributed by atoms with Crippen LogP contribution in [-0.4, -0.2) is 27.4 Å². The zero-order valence-corrected chi connectivity index (χ0v) is 14.8. The maximum absolute atomic E-state index is 12.5. The van der Waals surface area contributed by atoms with Crippen LogP contribution in [0.4, 0.5) is 0 Å². The largest absolute Gasteiger partial charge is 0.340 e. The minimum Gasteiger partial charge on any atom is -0.340 e. The summed E-state index contributed by atoms with van der Waals surface area (Å²) < 4.78 is 1.32. The van der Waals surface area contributed by atoms with Crippen molar-refractivity contribution in [1.29, 1.82) is 0 Å². The Morgan fingerprint density at radius 2 is 1.92 bits per heavy atom. The lowest BCUT2D eigenvalue weighted by Gasteiger charge is -2.18. The standard InChI is InChI=1S/C19H18ClN3O2/c1-13-3-5-14(6-4-13)10-22(2)18(24)11-23-12-21-17-9-15(20)7-8-16(17)19(23)25/h3-9,12H,10-11H2,1-2H3. The Morgan fingerprint density at radius 3 is 2.64 bits per heavy atom. The molecule has 2 aromatic carbocycles. The molecule has 0 N–H and O–H groups in total. The molecular formula is C19H18ClN3O2. The fraction of sp³-hybridized carbons (Fsp3) is 0.211. The van der Waals surface area contributed by atoms with E-state index in [-0.39, 0.29) is 18.0 Å². The number of benzene rings is 2. The minimum atomic E-state index is -0.251. The third-order valence-corrected chi connectivity index (χ3v) is 4.29. The maximum Gasteiger partial charge on any atom is 0.261 e. The molecule has 0 saturated heterocycles. The highest BCUT2D eigenvalue weighted by Gasteiger charge is 2.13. The van der Waals surface area contributed by atoms with E-state index < -0.39 is 0 Å². The second kappa shape index (κ2) is 7.07. The Morgan fingerprint density at radius 1 is 1.20 bits per heavy atom. The second-order valence-electron chi connectivity index (χ2n) is 6.07. The molecule has 6 heteroatoms. The molecule has 1 amide bonds. The highest BCUT2D eigenvalue weighted by Crippen LogP contribution is 2.14. The third-order valence-electron chi connectivity index (χ3n) is 4.06. The van der Waals surface area contributed by atoms with Gasteiger partial charge in [-0.3, -0.25) is 14.2 Å². The summed E-state index contributed by atoms with van der Waals surface area (Å²) in [4.78, 5) is 30.8. The summed E-state index contributed by atoms with van der Waals surface area (Å²) >= 11 is 5.91. The number of amides is 1. The van der Waals surface area contributed by atoms with Crippen molar-refractivity contribution in [2.24, 2.45) is 0 Å². The summed E-state index contributed by atoms with van der Waals surface area (Å²) in [6.45, 7) is 2.46. The van der Waals surface area contributed by atoms with Gasteiger partial charge in [-0.2, -0.15) is 0 Å². The van der Waals surface area contributed by atoms with E-state index in [1.807, 2.05) is 31.2 Å². The zero-order chi connectivity index (χ0) is 18.0. The van der Waals surface area contributed by atoms with E-state index in [1.165, 1.54) is 16.5 Å². The van der Waals surface area contributed by atoms with Crippen LogP contribution >= 0.6 is 11.6 Å². The summed E-state index contributed by atoms with van der Waals surface area (Å²) in [6.07, 6.45) is 1.39. The molecule has 0 radical (unpaired) electrons. The number of carbonyl (C=O) groups is 1. The fourth-order valence-electron chi connectivity index (χ4n) is 2.57. The lowest BCUT2D eigenvalue weighted by atomic mass is 10.1. The molecule has 5 nitrogen and oxygen atoms in total. The fourth-order valence-corrected chi connectivity index (χ4v) is 2.73. The predicted octanol–water partition coefficient (Wildman–Crippen LogP) is 3.02. The van der Waals surface area contributed by atoms with E-state index in [1.54, 1.807) is 30.1 Å². The van der Waals surface area contributed by atoms with E-state index in [9.17, 15) is 9.59 Å². The van der Waals surface area contributed by atoms with Crippen molar-refractivity contribution in [2.75, 3.05) is 7.05 Å². The van der Waals surface area contributed by atoms with E-state index in [0.717, 1.165) is 5.56 Å².